The van der Waals surface area contributed by atoms with Gasteiger partial charge in [-0.05, 0) is 70.2 Å². The molecule has 0 aliphatic rings. The molecule has 2 atom stereocenters. The van der Waals surface area contributed by atoms with Gasteiger partial charge in [-0.3, -0.25) is 5.01 Å². The van der Waals surface area contributed by atoms with Crippen LogP contribution in [0.2, 0.25) is 0 Å². The van der Waals surface area contributed by atoms with Crippen molar-refractivity contribution in [2.24, 2.45) is 0 Å². The fourth-order valence-corrected chi connectivity index (χ4v) is 3.82. The van der Waals surface area contributed by atoms with Crippen molar-refractivity contribution in [2.75, 3.05) is 5.32 Å². The van der Waals surface area contributed by atoms with E-state index < -0.39 is 40.8 Å². The summed E-state index contributed by atoms with van der Waals surface area (Å²) in [6, 6.07) is 6.76. The van der Waals surface area contributed by atoms with Gasteiger partial charge in [0.25, 0.3) is 0 Å². The maximum Gasteiger partial charge on any atom is 0.426 e. The third kappa shape index (κ3) is 7.17. The van der Waals surface area contributed by atoms with E-state index in [1.165, 1.54) is 48.5 Å². The van der Waals surface area contributed by atoms with E-state index in [0.717, 1.165) is 17.1 Å². The Morgan fingerprint density at radius 1 is 1.16 bits per heavy atom. The number of benzene rings is 2. The lowest BCUT2D eigenvalue weighted by molar-refractivity contribution is -0.0574. The highest BCUT2D eigenvalue weighted by molar-refractivity contribution is 7.80. The number of hydrogen-bond acceptors (Lipinski definition) is 6. The van der Waals surface area contributed by atoms with Crippen molar-refractivity contribution >= 4 is 29.1 Å². The third-order valence-electron chi connectivity index (χ3n) is 5.27. The maximum atomic E-state index is 15.0. The molecule has 37 heavy (non-hydrogen) atoms. The summed E-state index contributed by atoms with van der Waals surface area (Å²) < 4.78 is 48.7. The van der Waals surface area contributed by atoms with Gasteiger partial charge in [0, 0.05) is 17.3 Å². The molecule has 0 spiro atoms. The Labute approximate surface area is 217 Å². The van der Waals surface area contributed by atoms with Crippen LogP contribution in [0.1, 0.15) is 33.3 Å². The molecule has 0 radical (unpaired) electrons. The van der Waals surface area contributed by atoms with Gasteiger partial charge in [0.15, 0.2) is 5.11 Å². The second-order valence-corrected chi connectivity index (χ2v) is 9.62. The zero-order valence-corrected chi connectivity index (χ0v) is 21.4. The van der Waals surface area contributed by atoms with Crippen LogP contribution in [0.4, 0.5) is 23.7 Å². The minimum Gasteiger partial charge on any atom is -0.443 e. The number of aromatic nitrogens is 3. The van der Waals surface area contributed by atoms with Gasteiger partial charge >= 0.3 is 6.09 Å². The van der Waals surface area contributed by atoms with Crippen LogP contribution in [-0.4, -0.2) is 47.7 Å². The molecule has 13 heteroatoms. The molecule has 2 aromatic carbocycles. The van der Waals surface area contributed by atoms with Crippen LogP contribution in [-0.2, 0) is 16.9 Å². The number of nitrogens with zero attached hydrogens (tertiary/aromatic N) is 4. The second kappa shape index (κ2) is 11.1. The standard InChI is InChI=1S/C24H27F3N6O3S/c1-15(24(35,12-32-14-28-13-29-32)19-10-7-17(26)11-20(19)27)33(31-22(34)36-23(2,3)4)21(37)30-18-8-5-16(25)6-9-18/h5-11,13-15,35H,12H2,1-4H3,(H,30,37)(H,31,34)/t15-,24-/m1/s1. The Morgan fingerprint density at radius 3 is 2.38 bits per heavy atom. The van der Waals surface area contributed by atoms with E-state index in [-0.39, 0.29) is 17.2 Å². The van der Waals surface area contributed by atoms with Gasteiger partial charge in [-0.25, -0.2) is 33.1 Å². The molecule has 0 bridgehead atoms. The average molecular weight is 537 g/mol. The smallest absolute Gasteiger partial charge is 0.426 e. The van der Waals surface area contributed by atoms with Crippen molar-refractivity contribution in [1.82, 2.24) is 25.2 Å². The first-order valence-corrected chi connectivity index (χ1v) is 11.5. The number of hydrogen-bond donors (Lipinski definition) is 3. The monoisotopic (exact) mass is 536 g/mol. The lowest BCUT2D eigenvalue weighted by Gasteiger charge is -2.42. The highest BCUT2D eigenvalue weighted by Gasteiger charge is 2.44. The molecule has 0 saturated heterocycles. The van der Waals surface area contributed by atoms with E-state index in [1.54, 1.807) is 20.8 Å². The Hall–Kier alpha value is -3.71. The van der Waals surface area contributed by atoms with Crippen LogP contribution in [0.5, 0.6) is 0 Å². The summed E-state index contributed by atoms with van der Waals surface area (Å²) in [6.07, 6.45) is 1.62. The molecule has 3 N–H and O–H groups in total. The summed E-state index contributed by atoms with van der Waals surface area (Å²) in [5.74, 6) is -2.33. The lowest BCUT2D eigenvalue weighted by atomic mass is 9.86. The minimum atomic E-state index is -2.14. The number of hydrazine groups is 1. The maximum absolute atomic E-state index is 15.0. The van der Waals surface area contributed by atoms with Crippen molar-refractivity contribution in [2.45, 2.75) is 51.5 Å². The topological polar surface area (TPSA) is 105 Å². The van der Waals surface area contributed by atoms with Gasteiger partial charge in [0.05, 0.1) is 12.6 Å². The number of halogens is 3. The Morgan fingerprint density at radius 2 is 1.81 bits per heavy atom. The van der Waals surface area contributed by atoms with E-state index in [2.05, 4.69) is 20.8 Å². The Balaban J connectivity index is 2.04. The summed E-state index contributed by atoms with van der Waals surface area (Å²) in [5, 5.41) is 19.7. The van der Waals surface area contributed by atoms with Crippen LogP contribution in [0, 0.1) is 17.5 Å². The molecule has 1 heterocycles. The van der Waals surface area contributed by atoms with Crippen molar-refractivity contribution < 1.29 is 27.8 Å². The molecule has 0 fully saturated rings. The van der Waals surface area contributed by atoms with Gasteiger partial charge < -0.3 is 15.2 Å². The molecule has 1 aromatic heterocycles. The lowest BCUT2D eigenvalue weighted by Crippen LogP contribution is -2.61. The van der Waals surface area contributed by atoms with Crippen molar-refractivity contribution in [3.63, 3.8) is 0 Å². The quantitative estimate of drug-likeness (QED) is 0.320. The van der Waals surface area contributed by atoms with Crippen LogP contribution >= 0.6 is 12.2 Å². The van der Waals surface area contributed by atoms with E-state index in [9.17, 15) is 18.7 Å². The number of aliphatic hydroxyl groups is 1. The summed E-state index contributed by atoms with van der Waals surface area (Å²) in [5.41, 5.74) is -0.433. The largest absolute Gasteiger partial charge is 0.443 e. The fraction of sp³-hybridized carbons (Fsp3) is 0.333. The predicted molar refractivity (Wildman–Crippen MR) is 134 cm³/mol. The van der Waals surface area contributed by atoms with Gasteiger partial charge in [0.2, 0.25) is 0 Å². The van der Waals surface area contributed by atoms with Gasteiger partial charge in [-0.2, -0.15) is 5.10 Å². The summed E-state index contributed by atoms with van der Waals surface area (Å²) in [6.45, 7) is 6.09. The van der Waals surface area contributed by atoms with Gasteiger partial charge in [-0.15, -0.1) is 0 Å². The number of carbonyl (C=O) groups excluding carboxylic acids is 1. The zero-order chi connectivity index (χ0) is 27.4. The molecule has 3 aromatic rings. The normalized spacial score (nSPS) is 13.8. The number of thiocarbonyl (C=S) groups is 1. The molecular formula is C24H27F3N6O3S. The SMILES string of the molecule is C[C@@H](N(NC(=O)OC(C)(C)C)C(=S)Nc1ccc(F)cc1)[C@](O)(Cn1cncn1)c1ccc(F)cc1F. The van der Waals surface area contributed by atoms with Gasteiger partial charge in [0.1, 0.15) is 41.3 Å². The first-order valence-electron chi connectivity index (χ1n) is 11.1. The molecule has 1 amide bonds. The first kappa shape index (κ1) is 27.9. The molecular weight excluding hydrogens is 509 g/mol. The van der Waals surface area contributed by atoms with Gasteiger partial charge in [-0.1, -0.05) is 6.07 Å². The summed E-state index contributed by atoms with van der Waals surface area (Å²) in [4.78, 5) is 16.6. The molecule has 0 aliphatic carbocycles. The number of ether oxygens (including phenoxy) is 1. The van der Waals surface area contributed by atoms with Crippen LogP contribution in [0.3, 0.4) is 0 Å². The summed E-state index contributed by atoms with van der Waals surface area (Å²) >= 11 is 5.50. The van der Waals surface area contributed by atoms with Crippen LogP contribution < -0.4 is 10.7 Å². The first-order chi connectivity index (χ1) is 17.3. The number of amides is 1. The van der Waals surface area contributed by atoms with Crippen molar-refractivity contribution in [1.29, 1.82) is 0 Å². The second-order valence-electron chi connectivity index (χ2n) is 9.24. The molecule has 9 nitrogen and oxygen atoms in total. The number of nitrogens with one attached hydrogen (secondary N) is 2. The van der Waals surface area contributed by atoms with E-state index in [4.69, 9.17) is 17.0 Å². The zero-order valence-electron chi connectivity index (χ0n) is 20.6. The number of carbonyl (C=O) groups is 1. The van der Waals surface area contributed by atoms with E-state index >= 15 is 4.39 Å². The predicted octanol–water partition coefficient (Wildman–Crippen LogP) is 4.11. The molecule has 0 unspecified atom stereocenters. The highest BCUT2D eigenvalue weighted by atomic mass is 32.1. The van der Waals surface area contributed by atoms with Crippen molar-refractivity contribution in [3.8, 4) is 0 Å². The number of rotatable bonds is 6. The Bertz CT molecular complexity index is 1240. The van der Waals surface area contributed by atoms with Crippen LogP contribution in [0.25, 0.3) is 0 Å². The van der Waals surface area contributed by atoms with E-state index in [0.29, 0.717) is 11.8 Å². The molecule has 0 aliphatic heterocycles. The van der Waals surface area contributed by atoms with Crippen LogP contribution in [0.15, 0.2) is 55.1 Å². The minimum absolute atomic E-state index is 0.135. The number of anilines is 1. The Kier molecular flexibility index (Phi) is 8.39. The average Bonchev–Trinajstić information content (AvgIpc) is 3.30. The van der Waals surface area contributed by atoms with Crippen molar-refractivity contribution in [3.05, 3.63) is 78.1 Å². The fourth-order valence-electron chi connectivity index (χ4n) is 3.50. The molecule has 3 rings (SSSR count). The molecule has 198 valence electrons. The molecule has 0 saturated carbocycles. The summed E-state index contributed by atoms with van der Waals surface area (Å²) in [7, 11) is 0. The highest BCUT2D eigenvalue weighted by Crippen LogP contribution is 2.33. The van der Waals surface area contributed by atoms with E-state index in [1.807, 2.05) is 0 Å². The third-order valence-corrected chi connectivity index (χ3v) is 5.57.